The molecular formula is C20H29N3O5. The van der Waals surface area contributed by atoms with Crippen molar-refractivity contribution in [2.24, 2.45) is 5.92 Å². The summed E-state index contributed by atoms with van der Waals surface area (Å²) in [5, 5.41) is 18.5. The Kier molecular flexibility index (Phi) is 7.39. The summed E-state index contributed by atoms with van der Waals surface area (Å²) in [6.07, 6.45) is -1.52. The lowest BCUT2D eigenvalue weighted by molar-refractivity contribution is -0.132. The first-order chi connectivity index (χ1) is 13.2. The fourth-order valence-corrected chi connectivity index (χ4v) is 2.97. The molecule has 1 aliphatic rings. The Balaban J connectivity index is 2.01. The number of carbonyl (C=O) groups is 3. The molecule has 0 saturated carbocycles. The van der Waals surface area contributed by atoms with Crippen LogP contribution in [0.1, 0.15) is 39.2 Å². The summed E-state index contributed by atoms with van der Waals surface area (Å²) in [5.41, 5.74) is 0.162. The van der Waals surface area contributed by atoms with Gasteiger partial charge in [0.25, 0.3) is 5.91 Å². The van der Waals surface area contributed by atoms with Crippen LogP contribution in [0.3, 0.4) is 0 Å². The quantitative estimate of drug-likeness (QED) is 0.555. The molecule has 1 aliphatic heterocycles. The number of hydrogen-bond acceptors (Lipinski definition) is 5. The minimum atomic E-state index is -1.51. The number of amides is 3. The standard InChI is InChI=1S/C20H29N3O5/c1-20(2,3)28-19(27)23-15(11-14-9-10-21-17(14)25)16(24)18(26)22-12-13-7-5-4-6-8-13/h4-8,14-16,24H,9-12H2,1-3H3,(H,21,25)(H,22,26)(H,23,27)/t14-,15-,16+/m0/s1. The topological polar surface area (TPSA) is 117 Å². The number of benzene rings is 1. The summed E-state index contributed by atoms with van der Waals surface area (Å²) in [6, 6.07) is 8.33. The lowest BCUT2D eigenvalue weighted by Crippen LogP contribution is -2.52. The third-order valence-corrected chi connectivity index (χ3v) is 4.36. The first-order valence-corrected chi connectivity index (χ1v) is 9.42. The van der Waals surface area contributed by atoms with Crippen LogP contribution < -0.4 is 16.0 Å². The molecule has 3 atom stereocenters. The minimum absolute atomic E-state index is 0.144. The molecule has 0 aliphatic carbocycles. The molecule has 8 heteroatoms. The summed E-state index contributed by atoms with van der Waals surface area (Å²) in [7, 11) is 0. The number of ether oxygens (including phenoxy) is 1. The van der Waals surface area contributed by atoms with Crippen molar-refractivity contribution in [3.8, 4) is 0 Å². The number of alkyl carbamates (subject to hydrolysis) is 1. The highest BCUT2D eigenvalue weighted by atomic mass is 16.6. The van der Waals surface area contributed by atoms with Crippen molar-refractivity contribution in [1.82, 2.24) is 16.0 Å². The summed E-state index contributed by atoms with van der Waals surface area (Å²) in [5.74, 6) is -1.15. The molecule has 1 aromatic carbocycles. The number of hydrogen-bond donors (Lipinski definition) is 4. The van der Waals surface area contributed by atoms with Crippen LogP contribution in [-0.4, -0.2) is 47.3 Å². The Morgan fingerprint density at radius 3 is 2.54 bits per heavy atom. The Morgan fingerprint density at radius 1 is 1.29 bits per heavy atom. The summed E-state index contributed by atoms with van der Waals surface area (Å²) in [4.78, 5) is 36.5. The van der Waals surface area contributed by atoms with Crippen LogP contribution in [0.15, 0.2) is 30.3 Å². The molecule has 1 fully saturated rings. The van der Waals surface area contributed by atoms with Gasteiger partial charge in [0.1, 0.15) is 5.60 Å². The van der Waals surface area contributed by atoms with E-state index in [-0.39, 0.29) is 24.8 Å². The lowest BCUT2D eigenvalue weighted by atomic mass is 9.94. The molecule has 3 amide bonds. The zero-order chi connectivity index (χ0) is 20.7. The predicted octanol–water partition coefficient (Wildman–Crippen LogP) is 1.08. The Labute approximate surface area is 165 Å². The van der Waals surface area contributed by atoms with Crippen molar-refractivity contribution in [3.05, 3.63) is 35.9 Å². The van der Waals surface area contributed by atoms with Crippen molar-refractivity contribution >= 4 is 17.9 Å². The van der Waals surface area contributed by atoms with Gasteiger partial charge in [-0.2, -0.15) is 0 Å². The Morgan fingerprint density at radius 2 is 1.96 bits per heavy atom. The Bertz CT molecular complexity index is 687. The molecule has 1 heterocycles. The highest BCUT2D eigenvalue weighted by Crippen LogP contribution is 2.19. The Hall–Kier alpha value is -2.61. The van der Waals surface area contributed by atoms with Gasteiger partial charge in [-0.25, -0.2) is 4.79 Å². The van der Waals surface area contributed by atoms with E-state index in [2.05, 4.69) is 16.0 Å². The normalized spacial score (nSPS) is 18.7. The van der Waals surface area contributed by atoms with Crippen molar-refractivity contribution in [2.75, 3.05) is 6.54 Å². The molecule has 1 saturated heterocycles. The molecule has 0 unspecified atom stereocenters. The van der Waals surface area contributed by atoms with Gasteiger partial charge in [0.05, 0.1) is 6.04 Å². The zero-order valence-electron chi connectivity index (χ0n) is 16.5. The largest absolute Gasteiger partial charge is 0.444 e. The molecular weight excluding hydrogens is 362 g/mol. The van der Waals surface area contributed by atoms with Crippen molar-refractivity contribution in [1.29, 1.82) is 0 Å². The molecule has 0 radical (unpaired) electrons. The highest BCUT2D eigenvalue weighted by molar-refractivity contribution is 5.83. The molecule has 28 heavy (non-hydrogen) atoms. The first-order valence-electron chi connectivity index (χ1n) is 9.42. The summed E-state index contributed by atoms with van der Waals surface area (Å²) < 4.78 is 5.23. The number of aliphatic hydroxyl groups excluding tert-OH is 1. The second-order valence-corrected chi connectivity index (χ2v) is 7.91. The third kappa shape index (κ3) is 6.84. The van der Waals surface area contributed by atoms with Gasteiger partial charge in [-0.1, -0.05) is 30.3 Å². The second-order valence-electron chi connectivity index (χ2n) is 7.91. The van der Waals surface area contributed by atoms with Gasteiger partial charge in [-0.3, -0.25) is 9.59 Å². The van der Waals surface area contributed by atoms with Gasteiger partial charge in [-0.05, 0) is 39.2 Å². The molecule has 0 spiro atoms. The lowest BCUT2D eigenvalue weighted by Gasteiger charge is -2.27. The SMILES string of the molecule is CC(C)(C)OC(=O)N[C@@H](C[C@@H]1CCNC1=O)[C@@H](O)C(=O)NCc1ccccc1. The van der Waals surface area contributed by atoms with E-state index in [0.717, 1.165) is 5.56 Å². The van der Waals surface area contributed by atoms with Crippen molar-refractivity contribution in [3.63, 3.8) is 0 Å². The maximum atomic E-state index is 12.4. The van der Waals surface area contributed by atoms with Gasteiger partial charge in [0, 0.05) is 19.0 Å². The van der Waals surface area contributed by atoms with E-state index >= 15 is 0 Å². The van der Waals surface area contributed by atoms with Crippen LogP contribution in [0.5, 0.6) is 0 Å². The molecule has 154 valence electrons. The van der Waals surface area contributed by atoms with E-state index in [1.807, 2.05) is 30.3 Å². The van der Waals surface area contributed by atoms with Gasteiger partial charge in [-0.15, -0.1) is 0 Å². The maximum absolute atomic E-state index is 12.4. The summed E-state index contributed by atoms with van der Waals surface area (Å²) in [6.45, 7) is 5.94. The van der Waals surface area contributed by atoms with Crippen LogP contribution in [0.2, 0.25) is 0 Å². The number of carbonyl (C=O) groups excluding carboxylic acids is 3. The predicted molar refractivity (Wildman–Crippen MR) is 103 cm³/mol. The number of rotatable bonds is 7. The zero-order valence-corrected chi connectivity index (χ0v) is 16.5. The van der Waals surface area contributed by atoms with Gasteiger partial charge in [0.2, 0.25) is 5.91 Å². The number of aliphatic hydroxyl groups is 1. The fourth-order valence-electron chi connectivity index (χ4n) is 2.97. The van der Waals surface area contributed by atoms with Crippen LogP contribution in [0.25, 0.3) is 0 Å². The van der Waals surface area contributed by atoms with E-state index in [9.17, 15) is 19.5 Å². The molecule has 2 rings (SSSR count). The minimum Gasteiger partial charge on any atom is -0.444 e. The smallest absolute Gasteiger partial charge is 0.407 e. The molecule has 0 aromatic heterocycles. The molecule has 1 aromatic rings. The van der Waals surface area contributed by atoms with Crippen molar-refractivity contribution < 1.29 is 24.2 Å². The molecule has 4 N–H and O–H groups in total. The van der Waals surface area contributed by atoms with Crippen LogP contribution in [0, 0.1) is 5.92 Å². The van der Waals surface area contributed by atoms with Crippen LogP contribution in [0.4, 0.5) is 4.79 Å². The van der Waals surface area contributed by atoms with Crippen LogP contribution in [-0.2, 0) is 20.9 Å². The maximum Gasteiger partial charge on any atom is 0.407 e. The monoisotopic (exact) mass is 391 g/mol. The third-order valence-electron chi connectivity index (χ3n) is 4.36. The first kappa shape index (κ1) is 21.7. The van der Waals surface area contributed by atoms with Gasteiger partial charge < -0.3 is 25.8 Å². The van der Waals surface area contributed by atoms with E-state index in [0.29, 0.717) is 13.0 Å². The van der Waals surface area contributed by atoms with E-state index < -0.39 is 29.7 Å². The van der Waals surface area contributed by atoms with Gasteiger partial charge in [0.15, 0.2) is 6.10 Å². The molecule has 0 bridgehead atoms. The summed E-state index contributed by atoms with van der Waals surface area (Å²) >= 11 is 0. The van der Waals surface area contributed by atoms with Gasteiger partial charge >= 0.3 is 6.09 Å². The number of nitrogens with one attached hydrogen (secondary N) is 3. The average Bonchev–Trinajstić information content (AvgIpc) is 3.02. The van der Waals surface area contributed by atoms with Crippen LogP contribution >= 0.6 is 0 Å². The molecule has 8 nitrogen and oxygen atoms in total. The highest BCUT2D eigenvalue weighted by Gasteiger charge is 2.35. The van der Waals surface area contributed by atoms with E-state index in [4.69, 9.17) is 4.74 Å². The second kappa shape index (κ2) is 9.54. The average molecular weight is 391 g/mol. The fraction of sp³-hybridized carbons (Fsp3) is 0.550. The van der Waals surface area contributed by atoms with Crippen molar-refractivity contribution in [2.45, 2.75) is 57.9 Å². The van der Waals surface area contributed by atoms with E-state index in [1.165, 1.54) is 0 Å². The van der Waals surface area contributed by atoms with E-state index in [1.54, 1.807) is 20.8 Å².